The molecule has 3 aromatic rings. The van der Waals surface area contributed by atoms with Crippen LogP contribution in [0.15, 0.2) is 40.1 Å². The first-order chi connectivity index (χ1) is 13.4. The van der Waals surface area contributed by atoms with Crippen molar-refractivity contribution < 1.29 is 18.2 Å². The van der Waals surface area contributed by atoms with Crippen LogP contribution in [0.3, 0.4) is 0 Å². The van der Waals surface area contributed by atoms with Crippen LogP contribution in [0, 0.1) is 11.8 Å². The van der Waals surface area contributed by atoms with Crippen LogP contribution in [0.2, 0.25) is 0 Å². The number of imidazole rings is 1. The Morgan fingerprint density at radius 3 is 2.93 bits per heavy atom. The lowest BCUT2D eigenvalue weighted by Gasteiger charge is -2.40. The Bertz CT molecular complexity index is 1140. The molecule has 148 valence electrons. The second-order valence-corrected chi connectivity index (χ2v) is 9.66. The zero-order chi connectivity index (χ0) is 19.5. The summed E-state index contributed by atoms with van der Waals surface area (Å²) >= 11 is 0. The molecule has 1 saturated carbocycles. The van der Waals surface area contributed by atoms with Gasteiger partial charge >= 0.3 is 0 Å². The van der Waals surface area contributed by atoms with E-state index in [1.54, 1.807) is 24.5 Å². The summed E-state index contributed by atoms with van der Waals surface area (Å²) < 4.78 is 34.7. The van der Waals surface area contributed by atoms with Crippen LogP contribution in [0.1, 0.15) is 25.1 Å². The van der Waals surface area contributed by atoms with E-state index >= 15 is 0 Å². The van der Waals surface area contributed by atoms with Gasteiger partial charge in [-0.1, -0.05) is 6.07 Å². The van der Waals surface area contributed by atoms with Crippen molar-refractivity contribution in [1.82, 2.24) is 24.2 Å². The Hall–Kier alpha value is -2.30. The molecule has 0 spiro atoms. The first-order valence-electron chi connectivity index (χ1n) is 9.33. The molecule has 0 unspecified atom stereocenters. The molecule has 2 aliphatic rings. The third-order valence-electron chi connectivity index (χ3n) is 6.23. The average molecular weight is 403 g/mol. The number of sulfonamides is 1. The van der Waals surface area contributed by atoms with Gasteiger partial charge in [0, 0.05) is 38.4 Å². The highest BCUT2D eigenvalue weighted by Gasteiger charge is 2.53. The molecule has 1 saturated heterocycles. The van der Waals surface area contributed by atoms with E-state index in [4.69, 9.17) is 4.63 Å². The fourth-order valence-corrected chi connectivity index (χ4v) is 6.53. The number of nitrogens with zero attached hydrogens (tertiary/aromatic N) is 5. The van der Waals surface area contributed by atoms with Crippen molar-refractivity contribution in [3.8, 4) is 0 Å². The summed E-state index contributed by atoms with van der Waals surface area (Å²) in [4.78, 5) is 4.45. The number of aliphatic hydroxyl groups is 1. The summed E-state index contributed by atoms with van der Waals surface area (Å²) in [6, 6.07) is 4.82. The molecule has 1 aromatic carbocycles. The summed E-state index contributed by atoms with van der Waals surface area (Å²) in [6.45, 7) is 0.624. The molecule has 1 N–H and O–H groups in total. The maximum atomic E-state index is 13.4. The fraction of sp³-hybridized carbons (Fsp3) is 0.500. The van der Waals surface area contributed by atoms with Crippen LogP contribution in [0.5, 0.6) is 0 Å². The number of rotatable bonds is 3. The highest BCUT2D eigenvalue weighted by atomic mass is 32.2. The second kappa shape index (κ2) is 6.10. The van der Waals surface area contributed by atoms with Gasteiger partial charge in [0.1, 0.15) is 21.8 Å². The highest BCUT2D eigenvalue weighted by Crippen LogP contribution is 2.48. The first kappa shape index (κ1) is 17.8. The van der Waals surface area contributed by atoms with Crippen LogP contribution < -0.4 is 0 Å². The zero-order valence-corrected chi connectivity index (χ0v) is 16.2. The van der Waals surface area contributed by atoms with Crippen molar-refractivity contribution in [2.24, 2.45) is 18.9 Å². The van der Waals surface area contributed by atoms with E-state index in [-0.39, 0.29) is 28.8 Å². The van der Waals surface area contributed by atoms with Crippen LogP contribution in [-0.2, 0) is 22.7 Å². The Labute approximate surface area is 162 Å². The fourth-order valence-electron chi connectivity index (χ4n) is 4.87. The Morgan fingerprint density at radius 2 is 2.14 bits per heavy atom. The maximum Gasteiger partial charge on any atom is 0.245 e. The number of benzene rings is 1. The predicted octanol–water partition coefficient (Wildman–Crippen LogP) is 1.26. The third kappa shape index (κ3) is 2.44. The molecule has 0 radical (unpaired) electrons. The van der Waals surface area contributed by atoms with E-state index in [0.29, 0.717) is 24.3 Å². The lowest BCUT2D eigenvalue weighted by atomic mass is 9.70. The molecule has 5 rings (SSSR count). The molecule has 3 heterocycles. The predicted molar refractivity (Wildman–Crippen MR) is 98.5 cm³/mol. The quantitative estimate of drug-likeness (QED) is 0.700. The third-order valence-corrected chi connectivity index (χ3v) is 8.09. The molecule has 0 amide bonds. The van der Waals surface area contributed by atoms with E-state index in [2.05, 4.69) is 15.3 Å². The highest BCUT2D eigenvalue weighted by molar-refractivity contribution is 7.89. The minimum Gasteiger partial charge on any atom is -0.382 e. The summed E-state index contributed by atoms with van der Waals surface area (Å²) in [5, 5.41) is 19.0. The van der Waals surface area contributed by atoms with Gasteiger partial charge in [-0.3, -0.25) is 0 Å². The van der Waals surface area contributed by atoms with Crippen LogP contribution in [-0.4, -0.2) is 50.8 Å². The standard InChI is InChI=1S/C18H21N5O4S/c1-22-9-8-19-17(22)18(24)7-3-4-12-10-23(11-13(12)18)28(25,26)15-6-2-5-14-16(15)21-27-20-14/h2,5-6,8-9,12-13,24H,3-4,7,10-11H2,1H3/t12-,13-,18+/m0/s1. The Balaban J connectivity index is 1.52. The van der Waals surface area contributed by atoms with E-state index in [9.17, 15) is 13.5 Å². The molecule has 0 bridgehead atoms. The van der Waals surface area contributed by atoms with Crippen molar-refractivity contribution in [1.29, 1.82) is 0 Å². The smallest absolute Gasteiger partial charge is 0.245 e. The molecule has 28 heavy (non-hydrogen) atoms. The molecule has 1 aliphatic carbocycles. The molecular weight excluding hydrogens is 382 g/mol. The van der Waals surface area contributed by atoms with Gasteiger partial charge in [0.15, 0.2) is 5.52 Å². The van der Waals surface area contributed by atoms with Crippen molar-refractivity contribution in [2.75, 3.05) is 13.1 Å². The lowest BCUT2D eigenvalue weighted by Crippen LogP contribution is -2.44. The maximum absolute atomic E-state index is 13.4. The van der Waals surface area contributed by atoms with E-state index in [0.717, 1.165) is 12.8 Å². The van der Waals surface area contributed by atoms with E-state index in [1.807, 2.05) is 11.6 Å². The van der Waals surface area contributed by atoms with E-state index < -0.39 is 15.6 Å². The number of fused-ring (bicyclic) bond motifs is 2. The van der Waals surface area contributed by atoms with Gasteiger partial charge in [-0.2, -0.15) is 4.31 Å². The van der Waals surface area contributed by atoms with Gasteiger partial charge in [-0.25, -0.2) is 18.0 Å². The molecule has 2 aromatic heterocycles. The SMILES string of the molecule is Cn1ccnc1[C@@]1(O)CCC[C@H]2CN(S(=O)(=O)c3cccc4nonc34)C[C@@H]21. The van der Waals surface area contributed by atoms with Gasteiger partial charge in [0.25, 0.3) is 0 Å². The van der Waals surface area contributed by atoms with Crippen LogP contribution in [0.25, 0.3) is 11.0 Å². The normalized spacial score (nSPS) is 28.6. The van der Waals surface area contributed by atoms with Gasteiger partial charge < -0.3 is 9.67 Å². The summed E-state index contributed by atoms with van der Waals surface area (Å²) in [5.74, 6) is 0.482. The van der Waals surface area contributed by atoms with Gasteiger partial charge in [0.05, 0.1) is 0 Å². The lowest BCUT2D eigenvalue weighted by molar-refractivity contribution is -0.0728. The monoisotopic (exact) mass is 403 g/mol. The largest absolute Gasteiger partial charge is 0.382 e. The van der Waals surface area contributed by atoms with Crippen molar-refractivity contribution in [2.45, 2.75) is 29.8 Å². The first-order valence-corrected chi connectivity index (χ1v) is 10.8. The topological polar surface area (TPSA) is 114 Å². The number of hydrogen-bond acceptors (Lipinski definition) is 7. The molecule has 3 atom stereocenters. The van der Waals surface area contributed by atoms with Gasteiger partial charge in [-0.15, -0.1) is 0 Å². The number of aromatic nitrogens is 4. The number of hydrogen-bond donors (Lipinski definition) is 1. The summed E-state index contributed by atoms with van der Waals surface area (Å²) in [6.07, 6.45) is 5.77. The molecule has 10 heteroatoms. The van der Waals surface area contributed by atoms with Gasteiger partial charge in [0.2, 0.25) is 10.0 Å². The molecule has 9 nitrogen and oxygen atoms in total. The van der Waals surface area contributed by atoms with Gasteiger partial charge in [-0.05, 0) is 47.6 Å². The summed E-state index contributed by atoms with van der Waals surface area (Å²) in [7, 11) is -1.94. The minimum atomic E-state index is -3.79. The van der Waals surface area contributed by atoms with Crippen LogP contribution >= 0.6 is 0 Å². The average Bonchev–Trinajstić information content (AvgIpc) is 3.40. The molecular formula is C18H21N5O4S. The summed E-state index contributed by atoms with van der Waals surface area (Å²) in [5.41, 5.74) is -0.494. The van der Waals surface area contributed by atoms with Crippen molar-refractivity contribution in [3.63, 3.8) is 0 Å². The minimum absolute atomic E-state index is 0.0832. The van der Waals surface area contributed by atoms with Crippen LogP contribution in [0.4, 0.5) is 0 Å². The Morgan fingerprint density at radius 1 is 1.29 bits per heavy atom. The zero-order valence-electron chi connectivity index (χ0n) is 15.4. The second-order valence-electron chi connectivity index (χ2n) is 7.75. The van der Waals surface area contributed by atoms with E-state index in [1.165, 1.54) is 10.4 Å². The number of aryl methyl sites for hydroxylation is 1. The molecule has 1 aliphatic heterocycles. The molecule has 2 fully saturated rings. The Kier molecular flexibility index (Phi) is 3.87. The van der Waals surface area contributed by atoms with Crippen molar-refractivity contribution >= 4 is 21.1 Å². The van der Waals surface area contributed by atoms with Crippen molar-refractivity contribution in [3.05, 3.63) is 36.4 Å².